The van der Waals surface area contributed by atoms with Gasteiger partial charge in [0.25, 0.3) is 5.09 Å². The second kappa shape index (κ2) is 12.0. The van der Waals surface area contributed by atoms with E-state index in [4.69, 9.17) is 0 Å². The molecule has 3 aromatic carbocycles. The molecule has 1 saturated heterocycles. The maximum atomic E-state index is 13.9. The molecule has 2 aliphatic rings. The number of hydrogen-bond acceptors (Lipinski definition) is 5. The van der Waals surface area contributed by atoms with Crippen molar-refractivity contribution in [2.75, 3.05) is 11.5 Å². The molecule has 3 atom stereocenters. The monoisotopic (exact) mass is 563 g/mol. The van der Waals surface area contributed by atoms with Crippen LogP contribution in [0.3, 0.4) is 0 Å². The van der Waals surface area contributed by atoms with Crippen molar-refractivity contribution in [1.29, 1.82) is 0 Å². The first-order valence-electron chi connectivity index (χ1n) is 13.4. The number of rotatable bonds is 7. The number of carbonyl (C=O) groups excluding carboxylic acids is 1. The molecule has 3 aromatic rings. The topological polar surface area (TPSA) is 84.7 Å². The highest BCUT2D eigenvalue weighted by molar-refractivity contribution is 6.00. The Hall–Kier alpha value is -4.36. The van der Waals surface area contributed by atoms with Crippen molar-refractivity contribution in [1.82, 2.24) is 5.32 Å². The van der Waals surface area contributed by atoms with Gasteiger partial charge >= 0.3 is 6.18 Å². The maximum Gasteiger partial charge on any atom is 0.416 e. The summed E-state index contributed by atoms with van der Waals surface area (Å²) in [5, 5.41) is 13.0. The minimum Gasteiger partial charge on any atom is -0.313 e. The summed E-state index contributed by atoms with van der Waals surface area (Å²) in [6.45, 7) is -0.143. The van der Waals surface area contributed by atoms with Gasteiger partial charge < -0.3 is 9.74 Å². The van der Waals surface area contributed by atoms with Crippen LogP contribution in [0, 0.1) is 22.0 Å². The second-order valence-electron chi connectivity index (χ2n) is 10.1. The highest BCUT2D eigenvalue weighted by Gasteiger charge is 2.42. The molecule has 7 nitrogen and oxygen atoms in total. The fraction of sp³-hybridized carbons (Fsp3) is 0.323. The number of fused-ring (bicyclic) bond motifs is 1. The van der Waals surface area contributed by atoms with E-state index in [1.54, 1.807) is 17.0 Å². The Morgan fingerprint density at radius 3 is 2.59 bits per heavy atom. The molecule has 212 valence electrons. The number of hydrogen-bond donors (Lipinski definition) is 1. The molecule has 10 heteroatoms. The standard InChI is InChI=1S/C31H28F3N3O4/c32-31(33,34)24-14-16-25(17-15-24)36-29(23-11-5-8-21(19-23)7-3-4-18-41-37(39)40)20-28(30(36)38)35-27-13-6-10-22-9-1-2-12-26(22)27/h1-2,5,8-9,11-12,14-17,19,27-29,35H,4,6,10,13,18,20H2/t27-,28-,29-/m1/s1. The quantitative estimate of drug-likeness (QED) is 0.161. The van der Waals surface area contributed by atoms with E-state index in [0.717, 1.165) is 37.0 Å². The van der Waals surface area contributed by atoms with Crippen molar-refractivity contribution in [3.05, 3.63) is 111 Å². The zero-order valence-corrected chi connectivity index (χ0v) is 22.1. The number of carbonyl (C=O) groups is 1. The van der Waals surface area contributed by atoms with Crippen LogP contribution in [0.4, 0.5) is 18.9 Å². The first-order chi connectivity index (χ1) is 19.7. The molecule has 0 aromatic heterocycles. The van der Waals surface area contributed by atoms with Gasteiger partial charge in [-0.2, -0.15) is 13.2 Å². The Balaban J connectivity index is 1.43. The van der Waals surface area contributed by atoms with Crippen LogP contribution in [-0.4, -0.2) is 23.6 Å². The molecule has 5 rings (SSSR count). The van der Waals surface area contributed by atoms with Crippen molar-refractivity contribution in [2.45, 2.75) is 56.4 Å². The van der Waals surface area contributed by atoms with Gasteiger partial charge in [0.15, 0.2) is 0 Å². The summed E-state index contributed by atoms with van der Waals surface area (Å²) in [5.41, 5.74) is 3.48. The second-order valence-corrected chi connectivity index (χ2v) is 10.1. The van der Waals surface area contributed by atoms with Crippen LogP contribution >= 0.6 is 0 Å². The molecule has 0 bridgehead atoms. The molecule has 1 fully saturated rings. The minimum atomic E-state index is -4.48. The molecule has 1 aliphatic heterocycles. The van der Waals surface area contributed by atoms with Crippen LogP contribution in [0.1, 0.15) is 65.6 Å². The maximum absolute atomic E-state index is 13.9. The van der Waals surface area contributed by atoms with Crippen molar-refractivity contribution < 1.29 is 27.9 Å². The molecule has 1 N–H and O–H groups in total. The molecule has 0 radical (unpaired) electrons. The highest BCUT2D eigenvalue weighted by atomic mass is 19.4. The van der Waals surface area contributed by atoms with Crippen LogP contribution in [0.5, 0.6) is 0 Å². The first-order valence-corrected chi connectivity index (χ1v) is 13.4. The Labute approximate surface area is 235 Å². The van der Waals surface area contributed by atoms with Gasteiger partial charge in [-0.3, -0.25) is 10.1 Å². The van der Waals surface area contributed by atoms with Crippen LogP contribution in [0.2, 0.25) is 0 Å². The molecule has 1 heterocycles. The van der Waals surface area contributed by atoms with Gasteiger partial charge in [0.05, 0.1) is 17.6 Å². The molecule has 0 saturated carbocycles. The first kappa shape index (κ1) is 28.2. The zero-order chi connectivity index (χ0) is 29.0. The molecular formula is C31H28F3N3O4. The Morgan fingerprint density at radius 1 is 1.05 bits per heavy atom. The highest BCUT2D eigenvalue weighted by Crippen LogP contribution is 2.40. The van der Waals surface area contributed by atoms with E-state index in [9.17, 15) is 28.1 Å². The van der Waals surface area contributed by atoms with Crippen molar-refractivity contribution in [2.24, 2.45) is 0 Å². The summed E-state index contributed by atoms with van der Waals surface area (Å²) in [6.07, 6.45) is -1.03. The summed E-state index contributed by atoms with van der Waals surface area (Å²) in [7, 11) is 0. The van der Waals surface area contributed by atoms with Gasteiger partial charge in [0.1, 0.15) is 6.61 Å². The average Bonchev–Trinajstić information content (AvgIpc) is 3.28. The van der Waals surface area contributed by atoms with Gasteiger partial charge in [-0.1, -0.05) is 48.2 Å². The number of benzene rings is 3. The summed E-state index contributed by atoms with van der Waals surface area (Å²) in [6, 6.07) is 19.2. The number of anilines is 1. The van der Waals surface area contributed by atoms with Crippen LogP contribution in [0.25, 0.3) is 0 Å². The minimum absolute atomic E-state index is 0.000640. The van der Waals surface area contributed by atoms with Crippen LogP contribution in [0.15, 0.2) is 72.8 Å². The lowest BCUT2D eigenvalue weighted by molar-refractivity contribution is -0.757. The van der Waals surface area contributed by atoms with Crippen LogP contribution < -0.4 is 10.2 Å². The van der Waals surface area contributed by atoms with E-state index in [2.05, 4.69) is 34.1 Å². The summed E-state index contributed by atoms with van der Waals surface area (Å²) in [5.74, 6) is 5.60. The molecule has 1 aliphatic carbocycles. The zero-order valence-electron chi connectivity index (χ0n) is 22.1. The number of nitrogens with one attached hydrogen (secondary N) is 1. The predicted octanol–water partition coefficient (Wildman–Crippen LogP) is 6.17. The predicted molar refractivity (Wildman–Crippen MR) is 146 cm³/mol. The molecular weight excluding hydrogens is 535 g/mol. The molecule has 1 amide bonds. The van der Waals surface area contributed by atoms with E-state index in [1.807, 2.05) is 24.3 Å². The van der Waals surface area contributed by atoms with Gasteiger partial charge in [0, 0.05) is 23.7 Å². The largest absolute Gasteiger partial charge is 0.416 e. The smallest absolute Gasteiger partial charge is 0.313 e. The van der Waals surface area contributed by atoms with Crippen molar-refractivity contribution >= 4 is 11.6 Å². The van der Waals surface area contributed by atoms with Crippen LogP contribution in [-0.2, 0) is 22.2 Å². The Bertz CT molecular complexity index is 1480. The number of alkyl halides is 3. The molecule has 0 unspecified atom stereocenters. The lowest BCUT2D eigenvalue weighted by Crippen LogP contribution is -2.41. The lowest BCUT2D eigenvalue weighted by Gasteiger charge is -2.28. The van der Waals surface area contributed by atoms with E-state index < -0.39 is 28.9 Å². The SMILES string of the molecule is O=C1[C@H](N[C@@H]2CCCc3ccccc32)C[C@H](c2cccc(C#CCCO[N+](=O)[O-])c2)N1c1ccc(C(F)(F)F)cc1. The third-order valence-corrected chi connectivity index (χ3v) is 7.48. The lowest BCUT2D eigenvalue weighted by atomic mass is 9.87. The third-order valence-electron chi connectivity index (χ3n) is 7.48. The Kier molecular flexibility index (Phi) is 8.26. The van der Waals surface area contributed by atoms with Gasteiger partial charge in [-0.05, 0) is 78.8 Å². The Morgan fingerprint density at radius 2 is 1.83 bits per heavy atom. The number of halogens is 3. The van der Waals surface area contributed by atoms with E-state index in [0.29, 0.717) is 17.7 Å². The fourth-order valence-corrected chi connectivity index (χ4v) is 5.62. The van der Waals surface area contributed by atoms with E-state index >= 15 is 0 Å². The number of aryl methyl sites for hydroxylation is 1. The third kappa shape index (κ3) is 6.52. The van der Waals surface area contributed by atoms with Gasteiger partial charge in [-0.15, -0.1) is 10.1 Å². The van der Waals surface area contributed by atoms with Crippen molar-refractivity contribution in [3.8, 4) is 11.8 Å². The van der Waals surface area contributed by atoms with Gasteiger partial charge in [-0.25, -0.2) is 0 Å². The van der Waals surface area contributed by atoms with E-state index in [1.165, 1.54) is 23.3 Å². The van der Waals surface area contributed by atoms with Crippen molar-refractivity contribution in [3.63, 3.8) is 0 Å². The molecule has 0 spiro atoms. The number of nitrogens with zero attached hydrogens (tertiary/aromatic N) is 2. The normalized spacial score (nSPS) is 20.2. The number of amides is 1. The fourth-order valence-electron chi connectivity index (χ4n) is 5.62. The summed E-state index contributed by atoms with van der Waals surface area (Å²) >= 11 is 0. The van der Waals surface area contributed by atoms with Gasteiger partial charge in [0.2, 0.25) is 5.91 Å². The summed E-state index contributed by atoms with van der Waals surface area (Å²) in [4.78, 5) is 30.1. The summed E-state index contributed by atoms with van der Waals surface area (Å²) < 4.78 is 39.7. The molecule has 41 heavy (non-hydrogen) atoms. The average molecular weight is 564 g/mol. The van der Waals surface area contributed by atoms with E-state index in [-0.39, 0.29) is 25.0 Å².